The zero-order chi connectivity index (χ0) is 20.6. The number of pyridine rings is 1. The Morgan fingerprint density at radius 1 is 1.17 bits per heavy atom. The van der Waals surface area contributed by atoms with E-state index < -0.39 is 5.41 Å². The largest absolute Gasteiger partial charge is 0.457 e. The molecular formula is C24H22N2O4. The molecule has 6 heteroatoms. The van der Waals surface area contributed by atoms with Crippen LogP contribution in [0.2, 0.25) is 0 Å². The summed E-state index contributed by atoms with van der Waals surface area (Å²) in [5.74, 6) is 1.57. The maximum absolute atomic E-state index is 12.2. The van der Waals surface area contributed by atoms with E-state index in [1.165, 1.54) is 5.56 Å². The number of carbonyl (C=O) groups is 2. The van der Waals surface area contributed by atoms with Crippen LogP contribution < -0.4 is 10.1 Å². The summed E-state index contributed by atoms with van der Waals surface area (Å²) in [5.41, 5.74) is 1.95. The second-order valence-electron chi connectivity index (χ2n) is 8.00. The van der Waals surface area contributed by atoms with Crippen molar-refractivity contribution in [3.05, 3.63) is 60.3 Å². The highest BCUT2D eigenvalue weighted by atomic mass is 16.5. The van der Waals surface area contributed by atoms with Gasteiger partial charge in [0, 0.05) is 29.8 Å². The van der Waals surface area contributed by atoms with Gasteiger partial charge in [-0.3, -0.25) is 9.78 Å². The first-order chi connectivity index (χ1) is 14.7. The molecule has 2 fully saturated rings. The fraction of sp³-hybridized carbons (Fsp3) is 0.292. The lowest BCUT2D eigenvalue weighted by Crippen LogP contribution is -2.25. The van der Waals surface area contributed by atoms with E-state index in [0.717, 1.165) is 42.6 Å². The molecule has 0 bridgehead atoms. The van der Waals surface area contributed by atoms with Gasteiger partial charge in [-0.25, -0.2) is 0 Å². The predicted octanol–water partition coefficient (Wildman–Crippen LogP) is 4.45. The van der Waals surface area contributed by atoms with Gasteiger partial charge in [-0.05, 0) is 67.3 Å². The summed E-state index contributed by atoms with van der Waals surface area (Å²) >= 11 is 0. The standard InChI is InChI=1S/C24H22N2O4/c27-15-24(9-10-24)23(28)26-18-2-4-19(5-3-18)30-22-7-11-25-21-13-16(1-6-20(21)22)17-8-12-29-14-17/h1-7,11,13,15,17H,8-10,12,14H2,(H,26,28). The molecule has 0 spiro atoms. The second kappa shape index (κ2) is 7.54. The zero-order valence-electron chi connectivity index (χ0n) is 16.5. The van der Waals surface area contributed by atoms with Gasteiger partial charge < -0.3 is 19.6 Å². The van der Waals surface area contributed by atoms with Crippen molar-refractivity contribution in [1.29, 1.82) is 0 Å². The van der Waals surface area contributed by atoms with Crippen LogP contribution in [0.1, 0.15) is 30.7 Å². The molecule has 1 N–H and O–H groups in total. The molecule has 1 saturated heterocycles. The number of aromatic nitrogens is 1. The normalized spacial score (nSPS) is 19.4. The van der Waals surface area contributed by atoms with Gasteiger partial charge in [-0.1, -0.05) is 6.07 Å². The van der Waals surface area contributed by atoms with E-state index in [0.29, 0.717) is 30.2 Å². The third-order valence-electron chi connectivity index (χ3n) is 5.93. The van der Waals surface area contributed by atoms with Crippen LogP contribution >= 0.6 is 0 Å². The maximum atomic E-state index is 12.2. The Hall–Kier alpha value is -3.25. The van der Waals surface area contributed by atoms with E-state index >= 15 is 0 Å². The van der Waals surface area contributed by atoms with Crippen molar-refractivity contribution in [3.8, 4) is 11.5 Å². The van der Waals surface area contributed by atoms with Crippen molar-refractivity contribution in [2.45, 2.75) is 25.2 Å². The van der Waals surface area contributed by atoms with Crippen molar-refractivity contribution in [1.82, 2.24) is 4.98 Å². The summed E-state index contributed by atoms with van der Waals surface area (Å²) in [5, 5.41) is 3.75. The molecule has 2 heterocycles. The lowest BCUT2D eigenvalue weighted by molar-refractivity contribution is -0.126. The van der Waals surface area contributed by atoms with E-state index in [2.05, 4.69) is 28.5 Å². The Morgan fingerprint density at radius 3 is 2.70 bits per heavy atom. The minimum atomic E-state index is -0.825. The second-order valence-corrected chi connectivity index (χ2v) is 8.00. The molecule has 1 atom stereocenters. The van der Waals surface area contributed by atoms with Gasteiger partial charge >= 0.3 is 0 Å². The Balaban J connectivity index is 1.32. The number of ether oxygens (including phenoxy) is 2. The summed E-state index contributed by atoms with van der Waals surface area (Å²) < 4.78 is 11.6. The average Bonchev–Trinajstić information content (AvgIpc) is 3.40. The first-order valence-corrected chi connectivity index (χ1v) is 10.2. The lowest BCUT2D eigenvalue weighted by atomic mass is 9.97. The molecular weight excluding hydrogens is 380 g/mol. The van der Waals surface area contributed by atoms with Crippen LogP contribution in [0.25, 0.3) is 10.9 Å². The number of fused-ring (bicyclic) bond motifs is 1. The summed E-state index contributed by atoms with van der Waals surface area (Å²) in [7, 11) is 0. The molecule has 2 aromatic carbocycles. The first-order valence-electron chi connectivity index (χ1n) is 10.2. The van der Waals surface area contributed by atoms with E-state index in [-0.39, 0.29) is 5.91 Å². The lowest BCUT2D eigenvalue weighted by Gasteiger charge is -2.13. The molecule has 3 aromatic rings. The Bertz CT molecular complexity index is 1100. The van der Waals surface area contributed by atoms with Crippen LogP contribution in [0.4, 0.5) is 5.69 Å². The Kier molecular flexibility index (Phi) is 4.71. The highest BCUT2D eigenvalue weighted by molar-refractivity contribution is 6.07. The van der Waals surface area contributed by atoms with Crippen molar-refractivity contribution in [2.75, 3.05) is 18.5 Å². The number of nitrogens with zero attached hydrogens (tertiary/aromatic N) is 1. The number of rotatable bonds is 6. The monoisotopic (exact) mass is 402 g/mol. The minimum absolute atomic E-state index is 0.241. The number of hydrogen-bond donors (Lipinski definition) is 1. The van der Waals surface area contributed by atoms with Crippen molar-refractivity contribution >= 4 is 28.8 Å². The molecule has 2 aliphatic rings. The molecule has 1 unspecified atom stereocenters. The van der Waals surface area contributed by atoms with Crippen LogP contribution in [0, 0.1) is 5.41 Å². The van der Waals surface area contributed by atoms with E-state index in [1.54, 1.807) is 30.5 Å². The number of amides is 1. The summed E-state index contributed by atoms with van der Waals surface area (Å²) in [6, 6.07) is 15.3. The van der Waals surface area contributed by atoms with E-state index in [9.17, 15) is 9.59 Å². The average molecular weight is 402 g/mol. The molecule has 152 valence electrons. The van der Waals surface area contributed by atoms with Gasteiger partial charge in [-0.2, -0.15) is 0 Å². The van der Waals surface area contributed by atoms with Crippen LogP contribution in [0.5, 0.6) is 11.5 Å². The third kappa shape index (κ3) is 3.55. The van der Waals surface area contributed by atoms with Crippen molar-refractivity contribution < 1.29 is 19.1 Å². The van der Waals surface area contributed by atoms with Gasteiger partial charge in [0.1, 0.15) is 23.2 Å². The van der Waals surface area contributed by atoms with Crippen molar-refractivity contribution in [2.24, 2.45) is 5.41 Å². The van der Waals surface area contributed by atoms with Crippen LogP contribution in [-0.2, 0) is 14.3 Å². The minimum Gasteiger partial charge on any atom is -0.457 e. The van der Waals surface area contributed by atoms with Crippen LogP contribution in [0.15, 0.2) is 54.7 Å². The SMILES string of the molecule is O=CC1(C(=O)Nc2ccc(Oc3ccnc4cc(C5CCOC5)ccc34)cc2)CC1. The van der Waals surface area contributed by atoms with E-state index in [1.807, 2.05) is 6.07 Å². The number of hydrogen-bond acceptors (Lipinski definition) is 5. The zero-order valence-corrected chi connectivity index (χ0v) is 16.5. The predicted molar refractivity (Wildman–Crippen MR) is 113 cm³/mol. The molecule has 1 aliphatic carbocycles. The smallest absolute Gasteiger partial charge is 0.237 e. The summed E-state index contributed by atoms with van der Waals surface area (Å²) in [6.45, 7) is 1.57. The molecule has 0 radical (unpaired) electrons. The van der Waals surface area contributed by atoms with Gasteiger partial charge in [0.05, 0.1) is 12.1 Å². The molecule has 5 rings (SSSR count). The van der Waals surface area contributed by atoms with Crippen LogP contribution in [-0.4, -0.2) is 30.4 Å². The van der Waals surface area contributed by atoms with E-state index in [4.69, 9.17) is 9.47 Å². The third-order valence-corrected chi connectivity index (χ3v) is 5.93. The molecule has 1 aliphatic heterocycles. The fourth-order valence-electron chi connectivity index (χ4n) is 3.80. The highest BCUT2D eigenvalue weighted by Crippen LogP contribution is 2.44. The molecule has 6 nitrogen and oxygen atoms in total. The number of benzene rings is 2. The Morgan fingerprint density at radius 2 is 2.00 bits per heavy atom. The first kappa shape index (κ1) is 18.8. The number of anilines is 1. The van der Waals surface area contributed by atoms with Gasteiger partial charge in [0.25, 0.3) is 0 Å². The highest BCUT2D eigenvalue weighted by Gasteiger charge is 2.50. The topological polar surface area (TPSA) is 77.5 Å². The Labute approximate surface area is 174 Å². The number of nitrogens with one attached hydrogen (secondary N) is 1. The van der Waals surface area contributed by atoms with Crippen LogP contribution in [0.3, 0.4) is 0 Å². The number of carbonyl (C=O) groups excluding carboxylic acids is 2. The molecule has 1 saturated carbocycles. The summed E-state index contributed by atoms with van der Waals surface area (Å²) in [4.78, 5) is 27.8. The van der Waals surface area contributed by atoms with Gasteiger partial charge in [-0.15, -0.1) is 0 Å². The summed E-state index contributed by atoms with van der Waals surface area (Å²) in [6.07, 6.45) is 4.77. The maximum Gasteiger partial charge on any atom is 0.237 e. The fourth-order valence-corrected chi connectivity index (χ4v) is 3.80. The van der Waals surface area contributed by atoms with Crippen molar-refractivity contribution in [3.63, 3.8) is 0 Å². The molecule has 1 aromatic heterocycles. The molecule has 1 amide bonds. The quantitative estimate of drug-likeness (QED) is 0.487. The van der Waals surface area contributed by atoms with Gasteiger partial charge in [0.2, 0.25) is 5.91 Å². The molecule has 30 heavy (non-hydrogen) atoms. The number of aldehydes is 1. The van der Waals surface area contributed by atoms with Gasteiger partial charge in [0.15, 0.2) is 0 Å².